The average molecular weight is 664 g/mol. The Bertz CT molecular complexity index is 1630. The summed E-state index contributed by atoms with van der Waals surface area (Å²) in [7, 11) is -0.683. The van der Waals surface area contributed by atoms with Crippen LogP contribution in [0.15, 0.2) is 76.7 Å². The van der Waals surface area contributed by atoms with Crippen LogP contribution in [0.4, 0.5) is 5.69 Å². The number of hydrogen-bond donors (Lipinski definition) is 1. The zero-order valence-electron chi connectivity index (χ0n) is 27.5. The molecule has 5 rings (SSSR count). The third-order valence-corrected chi connectivity index (χ3v) is 10.8. The fraction of sp³-hybridized carbons (Fsp3) is 0.486. The lowest BCUT2D eigenvalue weighted by molar-refractivity contribution is -0.00696. The number of nitrogens with one attached hydrogen (secondary N) is 1. The maximum Gasteiger partial charge on any atom is 0.209 e. The standard InChI is InChI=1S/C35H45N5O6S/c1-24-6-13-30(14-7-24)47(41,42)35(27-10-15-33-32(21-27)40(17-19-45-33)16-5-18-43-3)46-34-23-37-28(20-25(2)38-39-36)22-31(34)26-8-11-29(44-4)12-9-26/h6-15,21,25,28,31,34-35,37H,5,16-20,22-23H2,1-4H3/t25-,28+,31-,34+,35?/m1/s1. The number of rotatable bonds is 14. The van der Waals surface area contributed by atoms with Crippen molar-refractivity contribution in [3.8, 4) is 11.5 Å². The maximum atomic E-state index is 14.5. The van der Waals surface area contributed by atoms with Crippen molar-refractivity contribution in [3.63, 3.8) is 0 Å². The van der Waals surface area contributed by atoms with Gasteiger partial charge in [-0.05, 0) is 79.2 Å². The van der Waals surface area contributed by atoms with E-state index in [2.05, 4.69) is 20.2 Å². The van der Waals surface area contributed by atoms with Gasteiger partial charge in [0, 0.05) is 49.7 Å². The highest BCUT2D eigenvalue weighted by molar-refractivity contribution is 7.91. The van der Waals surface area contributed by atoms with Gasteiger partial charge in [-0.3, -0.25) is 0 Å². The summed E-state index contributed by atoms with van der Waals surface area (Å²) in [6.07, 6.45) is 1.67. The number of sulfone groups is 1. The van der Waals surface area contributed by atoms with Gasteiger partial charge >= 0.3 is 0 Å². The van der Waals surface area contributed by atoms with E-state index in [0.717, 1.165) is 41.3 Å². The number of fused-ring (bicyclic) bond motifs is 1. The fourth-order valence-electron chi connectivity index (χ4n) is 6.45. The smallest absolute Gasteiger partial charge is 0.209 e. The Morgan fingerprint density at radius 1 is 1.11 bits per heavy atom. The van der Waals surface area contributed by atoms with Crippen molar-refractivity contribution < 1.29 is 27.4 Å². The van der Waals surface area contributed by atoms with E-state index in [1.54, 1.807) is 44.6 Å². The van der Waals surface area contributed by atoms with E-state index in [4.69, 9.17) is 24.5 Å². The molecule has 0 radical (unpaired) electrons. The van der Waals surface area contributed by atoms with Gasteiger partial charge in [0.05, 0.1) is 30.3 Å². The van der Waals surface area contributed by atoms with E-state index in [0.29, 0.717) is 44.7 Å². The first kappa shape index (κ1) is 34.5. The molecule has 1 unspecified atom stereocenters. The van der Waals surface area contributed by atoms with Gasteiger partial charge in [-0.2, -0.15) is 0 Å². The zero-order chi connectivity index (χ0) is 33.4. The van der Waals surface area contributed by atoms with Gasteiger partial charge < -0.3 is 29.2 Å². The van der Waals surface area contributed by atoms with Gasteiger partial charge in [-0.25, -0.2) is 8.42 Å². The molecule has 0 saturated carbocycles. The number of nitrogens with zero attached hydrogens (tertiary/aromatic N) is 4. The second-order valence-electron chi connectivity index (χ2n) is 12.3. The van der Waals surface area contributed by atoms with Gasteiger partial charge in [-0.1, -0.05) is 47.9 Å². The Hall–Kier alpha value is -3.80. The number of piperidine rings is 1. The highest BCUT2D eigenvalue weighted by Gasteiger charge is 2.39. The van der Waals surface area contributed by atoms with E-state index in [1.807, 2.05) is 50.2 Å². The molecule has 1 saturated heterocycles. The summed E-state index contributed by atoms with van der Waals surface area (Å²) in [5, 5.41) is 7.43. The highest BCUT2D eigenvalue weighted by atomic mass is 32.2. The minimum Gasteiger partial charge on any atom is -0.497 e. The molecule has 0 aromatic heterocycles. The first-order chi connectivity index (χ1) is 22.7. The maximum absolute atomic E-state index is 14.5. The lowest BCUT2D eigenvalue weighted by atomic mass is 9.82. The summed E-state index contributed by atoms with van der Waals surface area (Å²) in [6, 6.07) is 20.2. The summed E-state index contributed by atoms with van der Waals surface area (Å²) in [6.45, 7) is 6.88. The Balaban J connectivity index is 1.53. The van der Waals surface area contributed by atoms with Gasteiger partial charge in [0.25, 0.3) is 0 Å². The topological polar surface area (TPSA) is 135 Å². The molecule has 0 amide bonds. The van der Waals surface area contributed by atoms with Crippen LogP contribution in [0.2, 0.25) is 0 Å². The quantitative estimate of drug-likeness (QED) is 0.0915. The number of anilines is 1. The summed E-state index contributed by atoms with van der Waals surface area (Å²) in [5.74, 6) is 1.32. The lowest BCUT2D eigenvalue weighted by Crippen LogP contribution is -2.48. The molecule has 3 aromatic rings. The van der Waals surface area contributed by atoms with Crippen LogP contribution < -0.4 is 19.7 Å². The van der Waals surface area contributed by atoms with Crippen molar-refractivity contribution in [3.05, 3.63) is 93.9 Å². The first-order valence-electron chi connectivity index (χ1n) is 16.1. The predicted molar refractivity (Wildman–Crippen MR) is 182 cm³/mol. The van der Waals surface area contributed by atoms with Crippen molar-refractivity contribution in [1.29, 1.82) is 0 Å². The van der Waals surface area contributed by atoms with Crippen molar-refractivity contribution in [1.82, 2.24) is 5.32 Å². The molecule has 0 aliphatic carbocycles. The molecule has 2 aliphatic heterocycles. The number of benzene rings is 3. The molecule has 0 spiro atoms. The van der Waals surface area contributed by atoms with E-state index in [9.17, 15) is 8.42 Å². The molecular formula is C35H45N5O6S. The van der Waals surface area contributed by atoms with E-state index >= 15 is 0 Å². The van der Waals surface area contributed by atoms with Crippen LogP contribution in [0, 0.1) is 6.92 Å². The SMILES string of the molecule is COCCCN1CCOc2ccc(C(O[C@H]3CN[C@@H](C[C@@H](C)N=[N+]=[N-])C[C@@H]3c3ccc(OC)cc3)S(=O)(=O)c3ccc(C)cc3)cc21. The minimum atomic E-state index is -4.00. The number of methoxy groups -OCH3 is 2. The van der Waals surface area contributed by atoms with Crippen molar-refractivity contribution in [2.45, 2.75) is 67.5 Å². The normalized spacial score (nSPS) is 20.8. The second-order valence-corrected chi connectivity index (χ2v) is 14.3. The van der Waals surface area contributed by atoms with Crippen LogP contribution in [0.1, 0.15) is 54.2 Å². The number of azide groups is 1. The average Bonchev–Trinajstić information content (AvgIpc) is 3.08. The fourth-order valence-corrected chi connectivity index (χ4v) is 8.00. The van der Waals surface area contributed by atoms with Crippen LogP contribution >= 0.6 is 0 Å². The van der Waals surface area contributed by atoms with Crippen molar-refractivity contribution in [2.24, 2.45) is 5.11 Å². The third-order valence-electron chi connectivity index (χ3n) is 8.93. The van der Waals surface area contributed by atoms with Crippen LogP contribution in [0.25, 0.3) is 10.4 Å². The Labute approximate surface area is 277 Å². The van der Waals surface area contributed by atoms with E-state index < -0.39 is 21.4 Å². The van der Waals surface area contributed by atoms with E-state index in [1.165, 1.54) is 0 Å². The summed E-state index contributed by atoms with van der Waals surface area (Å²) in [4.78, 5) is 5.39. The molecule has 1 N–H and O–H groups in total. The van der Waals surface area contributed by atoms with Gasteiger partial charge in [0.1, 0.15) is 18.1 Å². The zero-order valence-corrected chi connectivity index (χ0v) is 28.4. The molecule has 47 heavy (non-hydrogen) atoms. The third kappa shape index (κ3) is 8.38. The first-order valence-corrected chi connectivity index (χ1v) is 17.7. The lowest BCUT2D eigenvalue weighted by Gasteiger charge is -2.39. The van der Waals surface area contributed by atoms with Crippen molar-refractivity contribution >= 4 is 15.5 Å². The molecular weight excluding hydrogens is 618 g/mol. The molecule has 11 nitrogen and oxygen atoms in total. The molecule has 1 fully saturated rings. The number of hydrogen-bond acceptors (Lipinski definition) is 9. The Kier molecular flexibility index (Phi) is 11.7. The van der Waals surface area contributed by atoms with Crippen LogP contribution in [0.3, 0.4) is 0 Å². The van der Waals surface area contributed by atoms with Crippen LogP contribution in [-0.4, -0.2) is 73.7 Å². The van der Waals surface area contributed by atoms with Gasteiger partial charge in [-0.15, -0.1) is 0 Å². The van der Waals surface area contributed by atoms with Crippen molar-refractivity contribution in [2.75, 3.05) is 52.0 Å². The number of aryl methyl sites for hydroxylation is 1. The minimum absolute atomic E-state index is 0.0520. The molecule has 0 bridgehead atoms. The largest absolute Gasteiger partial charge is 0.497 e. The highest BCUT2D eigenvalue weighted by Crippen LogP contribution is 2.41. The predicted octanol–water partition coefficient (Wildman–Crippen LogP) is 6.33. The Morgan fingerprint density at radius 3 is 2.57 bits per heavy atom. The van der Waals surface area contributed by atoms with Gasteiger partial charge in [0.2, 0.25) is 9.84 Å². The molecule has 2 heterocycles. The van der Waals surface area contributed by atoms with E-state index in [-0.39, 0.29) is 22.9 Å². The molecule has 12 heteroatoms. The summed E-state index contributed by atoms with van der Waals surface area (Å²) >= 11 is 0. The summed E-state index contributed by atoms with van der Waals surface area (Å²) < 4.78 is 52.5. The van der Waals surface area contributed by atoms with Gasteiger partial charge in [0.15, 0.2) is 5.44 Å². The summed E-state index contributed by atoms with van der Waals surface area (Å²) in [5.41, 5.74) is 11.1. The molecule has 252 valence electrons. The number of ether oxygens (including phenoxy) is 4. The van der Waals surface area contributed by atoms with Crippen LogP contribution in [0.5, 0.6) is 11.5 Å². The second kappa shape index (κ2) is 15.9. The monoisotopic (exact) mass is 663 g/mol. The molecule has 2 aliphatic rings. The van der Waals surface area contributed by atoms with Crippen LogP contribution in [-0.2, 0) is 19.3 Å². The Morgan fingerprint density at radius 2 is 1.87 bits per heavy atom. The molecule has 3 aromatic carbocycles. The molecule has 5 atom stereocenters.